The zero-order valence-corrected chi connectivity index (χ0v) is 11.3. The second-order valence-electron chi connectivity index (χ2n) is 4.38. The predicted octanol–water partition coefficient (Wildman–Crippen LogP) is 4.04. The monoisotopic (exact) mass is 253 g/mol. The molecule has 0 heterocycles. The van der Waals surface area contributed by atoms with E-state index in [0.29, 0.717) is 10.6 Å². The van der Waals surface area contributed by atoms with E-state index in [-0.39, 0.29) is 11.9 Å². The molecule has 0 aliphatic rings. The van der Waals surface area contributed by atoms with Crippen LogP contribution >= 0.6 is 11.6 Å². The number of hydrogen-bond donors (Lipinski definition) is 1. The first kappa shape index (κ1) is 14.0. The third-order valence-corrected chi connectivity index (χ3v) is 2.98. The van der Waals surface area contributed by atoms with Crippen molar-refractivity contribution in [3.63, 3.8) is 0 Å². The van der Waals surface area contributed by atoms with Gasteiger partial charge in [0.15, 0.2) is 0 Å². The Morgan fingerprint density at radius 2 is 1.94 bits per heavy atom. The van der Waals surface area contributed by atoms with Crippen molar-refractivity contribution in [1.29, 1.82) is 0 Å². The highest BCUT2D eigenvalue weighted by molar-refractivity contribution is 6.30. The zero-order chi connectivity index (χ0) is 12.7. The van der Waals surface area contributed by atoms with Crippen molar-refractivity contribution in [3.8, 4) is 0 Å². The summed E-state index contributed by atoms with van der Waals surface area (Å²) in [4.78, 5) is 11.8. The third-order valence-electron chi connectivity index (χ3n) is 2.72. The van der Waals surface area contributed by atoms with E-state index >= 15 is 0 Å². The molecule has 1 aromatic rings. The first-order chi connectivity index (χ1) is 8.13. The Bertz CT molecular complexity index is 348. The van der Waals surface area contributed by atoms with Gasteiger partial charge in [0, 0.05) is 16.6 Å². The molecule has 1 aromatic carbocycles. The van der Waals surface area contributed by atoms with E-state index < -0.39 is 0 Å². The number of benzene rings is 1. The van der Waals surface area contributed by atoms with Crippen LogP contribution in [0.15, 0.2) is 24.3 Å². The lowest BCUT2D eigenvalue weighted by Gasteiger charge is -2.13. The standard InChI is InChI=1S/C14H20ClNO/c1-3-4-5-6-11(2)16-14(17)12-7-9-13(15)10-8-12/h7-11H,3-6H2,1-2H3,(H,16,17)/t11-/m1/s1. The van der Waals surface area contributed by atoms with Gasteiger partial charge in [0.2, 0.25) is 0 Å². The number of hydrogen-bond acceptors (Lipinski definition) is 1. The molecule has 0 aliphatic carbocycles. The first-order valence-corrected chi connectivity index (χ1v) is 6.57. The smallest absolute Gasteiger partial charge is 0.251 e. The van der Waals surface area contributed by atoms with Gasteiger partial charge >= 0.3 is 0 Å². The molecule has 1 rings (SSSR count). The Kier molecular flexibility index (Phi) is 6.06. The second-order valence-corrected chi connectivity index (χ2v) is 4.81. The molecule has 17 heavy (non-hydrogen) atoms. The lowest BCUT2D eigenvalue weighted by Crippen LogP contribution is -2.32. The van der Waals surface area contributed by atoms with Crippen LogP contribution in [0.4, 0.5) is 0 Å². The van der Waals surface area contributed by atoms with Crippen LogP contribution in [0, 0.1) is 0 Å². The normalized spacial score (nSPS) is 12.2. The van der Waals surface area contributed by atoms with Crippen LogP contribution < -0.4 is 5.32 Å². The molecular formula is C14H20ClNO. The molecule has 1 N–H and O–H groups in total. The molecule has 0 fully saturated rings. The van der Waals surface area contributed by atoms with Gasteiger partial charge in [-0.1, -0.05) is 37.8 Å². The lowest BCUT2D eigenvalue weighted by atomic mass is 10.1. The summed E-state index contributed by atoms with van der Waals surface area (Å²) in [5, 5.41) is 3.64. The molecule has 1 atom stereocenters. The molecule has 2 nitrogen and oxygen atoms in total. The van der Waals surface area contributed by atoms with Crippen LogP contribution in [0.25, 0.3) is 0 Å². The van der Waals surface area contributed by atoms with Gasteiger partial charge in [0.05, 0.1) is 0 Å². The number of carbonyl (C=O) groups is 1. The van der Waals surface area contributed by atoms with Crippen molar-refractivity contribution in [1.82, 2.24) is 5.32 Å². The van der Waals surface area contributed by atoms with Crippen LogP contribution in [0.2, 0.25) is 5.02 Å². The number of unbranched alkanes of at least 4 members (excludes halogenated alkanes) is 2. The van der Waals surface area contributed by atoms with E-state index in [1.165, 1.54) is 19.3 Å². The topological polar surface area (TPSA) is 29.1 Å². The van der Waals surface area contributed by atoms with Gasteiger partial charge in [0.1, 0.15) is 0 Å². The van der Waals surface area contributed by atoms with Gasteiger partial charge < -0.3 is 5.32 Å². The van der Waals surface area contributed by atoms with Gasteiger partial charge in [-0.2, -0.15) is 0 Å². The van der Waals surface area contributed by atoms with Crippen LogP contribution in [-0.2, 0) is 0 Å². The maximum absolute atomic E-state index is 11.8. The first-order valence-electron chi connectivity index (χ1n) is 6.20. The SMILES string of the molecule is CCCCC[C@@H](C)NC(=O)c1ccc(Cl)cc1. The number of nitrogens with one attached hydrogen (secondary N) is 1. The Hall–Kier alpha value is -1.02. The third kappa shape index (κ3) is 5.22. The average molecular weight is 254 g/mol. The highest BCUT2D eigenvalue weighted by atomic mass is 35.5. The quantitative estimate of drug-likeness (QED) is 0.762. The fourth-order valence-corrected chi connectivity index (χ4v) is 1.81. The van der Waals surface area contributed by atoms with E-state index in [4.69, 9.17) is 11.6 Å². The van der Waals surface area contributed by atoms with E-state index in [1.54, 1.807) is 24.3 Å². The number of halogens is 1. The van der Waals surface area contributed by atoms with Gasteiger partial charge in [-0.25, -0.2) is 0 Å². The maximum Gasteiger partial charge on any atom is 0.251 e. The summed E-state index contributed by atoms with van der Waals surface area (Å²) in [6, 6.07) is 7.19. The molecule has 0 bridgehead atoms. The molecule has 0 aliphatic heterocycles. The van der Waals surface area contributed by atoms with Crippen molar-refractivity contribution in [3.05, 3.63) is 34.9 Å². The van der Waals surface area contributed by atoms with Crippen LogP contribution in [0.3, 0.4) is 0 Å². The van der Waals surface area contributed by atoms with Gasteiger partial charge in [-0.3, -0.25) is 4.79 Å². The zero-order valence-electron chi connectivity index (χ0n) is 10.5. The van der Waals surface area contributed by atoms with Crippen molar-refractivity contribution in [2.24, 2.45) is 0 Å². The summed E-state index contributed by atoms with van der Waals surface area (Å²) >= 11 is 5.77. The Morgan fingerprint density at radius 1 is 1.29 bits per heavy atom. The number of carbonyl (C=O) groups excluding carboxylic acids is 1. The molecule has 1 amide bonds. The van der Waals surface area contributed by atoms with Crippen LogP contribution in [-0.4, -0.2) is 11.9 Å². The number of amides is 1. The molecule has 0 radical (unpaired) electrons. The summed E-state index contributed by atoms with van der Waals surface area (Å²) < 4.78 is 0. The highest BCUT2D eigenvalue weighted by Gasteiger charge is 2.08. The molecule has 0 saturated carbocycles. The summed E-state index contributed by atoms with van der Waals surface area (Å²) in [5.74, 6) is -0.0225. The second kappa shape index (κ2) is 7.33. The molecule has 3 heteroatoms. The minimum absolute atomic E-state index is 0.0225. The minimum atomic E-state index is -0.0225. The van der Waals surface area contributed by atoms with E-state index in [0.717, 1.165) is 6.42 Å². The summed E-state index contributed by atoms with van der Waals surface area (Å²) in [6.45, 7) is 4.22. The van der Waals surface area contributed by atoms with Crippen LogP contribution in [0.1, 0.15) is 49.9 Å². The number of rotatable bonds is 6. The van der Waals surface area contributed by atoms with Crippen molar-refractivity contribution >= 4 is 17.5 Å². The van der Waals surface area contributed by atoms with E-state index in [9.17, 15) is 4.79 Å². The predicted molar refractivity (Wildman–Crippen MR) is 72.5 cm³/mol. The van der Waals surface area contributed by atoms with E-state index in [1.807, 2.05) is 6.92 Å². The fourth-order valence-electron chi connectivity index (χ4n) is 1.68. The van der Waals surface area contributed by atoms with Crippen LogP contribution in [0.5, 0.6) is 0 Å². The van der Waals surface area contributed by atoms with E-state index in [2.05, 4.69) is 12.2 Å². The Balaban J connectivity index is 2.40. The van der Waals surface area contributed by atoms with Crippen molar-refractivity contribution in [2.75, 3.05) is 0 Å². The maximum atomic E-state index is 11.8. The Labute approximate surface area is 108 Å². The molecular weight excluding hydrogens is 234 g/mol. The molecule has 0 unspecified atom stereocenters. The fraction of sp³-hybridized carbons (Fsp3) is 0.500. The highest BCUT2D eigenvalue weighted by Crippen LogP contribution is 2.10. The van der Waals surface area contributed by atoms with Crippen molar-refractivity contribution in [2.45, 2.75) is 45.6 Å². The summed E-state index contributed by atoms with van der Waals surface area (Å²) in [5.41, 5.74) is 0.664. The summed E-state index contributed by atoms with van der Waals surface area (Å²) in [7, 11) is 0. The van der Waals surface area contributed by atoms with Crippen molar-refractivity contribution < 1.29 is 4.79 Å². The average Bonchev–Trinajstić information content (AvgIpc) is 2.30. The largest absolute Gasteiger partial charge is 0.350 e. The molecule has 94 valence electrons. The molecule has 0 spiro atoms. The summed E-state index contributed by atoms with van der Waals surface area (Å²) in [6.07, 6.45) is 4.63. The Morgan fingerprint density at radius 3 is 2.53 bits per heavy atom. The molecule has 0 saturated heterocycles. The van der Waals surface area contributed by atoms with Gasteiger partial charge in [0.25, 0.3) is 5.91 Å². The minimum Gasteiger partial charge on any atom is -0.350 e. The van der Waals surface area contributed by atoms with Gasteiger partial charge in [-0.05, 0) is 37.6 Å². The van der Waals surface area contributed by atoms with Gasteiger partial charge in [-0.15, -0.1) is 0 Å². The molecule has 0 aromatic heterocycles. The lowest BCUT2D eigenvalue weighted by molar-refractivity contribution is 0.0938.